The molecule has 0 spiro atoms. The topological polar surface area (TPSA) is 102 Å². The van der Waals surface area contributed by atoms with Crippen LogP contribution < -0.4 is 15.8 Å². The fourth-order valence-corrected chi connectivity index (χ4v) is 3.07. The Morgan fingerprint density at radius 3 is 2.50 bits per heavy atom. The molecule has 0 aliphatic carbocycles. The number of aryl methyl sites for hydroxylation is 2. The minimum atomic E-state index is -3.26. The first kappa shape index (κ1) is 16.8. The maximum atomic E-state index is 11.3. The molecule has 4 N–H and O–H groups in total. The number of nitrogens with two attached hydrogens (primary N) is 1. The highest BCUT2D eigenvalue weighted by atomic mass is 32.2. The van der Waals surface area contributed by atoms with Gasteiger partial charge in [0.2, 0.25) is 10.0 Å². The van der Waals surface area contributed by atoms with Crippen molar-refractivity contribution in [1.29, 1.82) is 0 Å². The van der Waals surface area contributed by atoms with Crippen LogP contribution in [0.5, 0.6) is 0 Å². The Hall–Kier alpha value is -1.28. The summed E-state index contributed by atoms with van der Waals surface area (Å²) in [6, 6.07) is 0. The van der Waals surface area contributed by atoms with E-state index in [4.69, 9.17) is 5.73 Å². The van der Waals surface area contributed by atoms with Gasteiger partial charge in [-0.15, -0.1) is 0 Å². The molecule has 0 radical (unpaired) electrons. The van der Waals surface area contributed by atoms with Crippen molar-refractivity contribution in [2.75, 3.05) is 23.9 Å². The van der Waals surface area contributed by atoms with Crippen molar-refractivity contribution in [2.45, 2.75) is 46.2 Å². The highest BCUT2D eigenvalue weighted by Crippen LogP contribution is 2.23. The van der Waals surface area contributed by atoms with Gasteiger partial charge in [0, 0.05) is 18.6 Å². The van der Waals surface area contributed by atoms with Crippen molar-refractivity contribution in [1.82, 2.24) is 14.5 Å². The molecule has 0 aliphatic heterocycles. The Labute approximate surface area is 121 Å². The second-order valence-corrected chi connectivity index (χ2v) is 7.43. The predicted molar refractivity (Wildman–Crippen MR) is 82.2 cm³/mol. The molecule has 1 aromatic rings. The van der Waals surface area contributed by atoms with E-state index in [1.807, 2.05) is 25.5 Å². The molecule has 0 bridgehead atoms. The van der Waals surface area contributed by atoms with Crippen LogP contribution in [-0.4, -0.2) is 36.5 Å². The summed E-state index contributed by atoms with van der Waals surface area (Å²) in [5.74, 6) is 0.743. The van der Waals surface area contributed by atoms with Gasteiger partial charge in [-0.1, -0.05) is 6.92 Å². The number of nitrogens with one attached hydrogen (secondary N) is 2. The Balaban J connectivity index is 2.84. The van der Waals surface area contributed by atoms with Crippen LogP contribution in [0.15, 0.2) is 0 Å². The maximum absolute atomic E-state index is 11.3. The summed E-state index contributed by atoms with van der Waals surface area (Å²) < 4.78 is 27.0. The Morgan fingerprint density at radius 2 is 2.00 bits per heavy atom. The quantitative estimate of drug-likeness (QED) is 0.695. The molecule has 0 atom stereocenters. The molecular formula is C12H25N5O2S. The molecule has 1 rings (SSSR count). The van der Waals surface area contributed by atoms with Crippen LogP contribution in [0.4, 0.5) is 11.5 Å². The van der Waals surface area contributed by atoms with Crippen LogP contribution in [0, 0.1) is 6.92 Å². The van der Waals surface area contributed by atoms with Gasteiger partial charge in [0.15, 0.2) is 0 Å². The minimum Gasteiger partial charge on any atom is -0.394 e. The van der Waals surface area contributed by atoms with E-state index in [1.54, 1.807) is 0 Å². The van der Waals surface area contributed by atoms with Crippen LogP contribution in [-0.2, 0) is 16.6 Å². The van der Waals surface area contributed by atoms with Gasteiger partial charge in [0.05, 0.1) is 17.6 Å². The number of sulfonamides is 1. The van der Waals surface area contributed by atoms with Crippen LogP contribution in [0.2, 0.25) is 0 Å². The van der Waals surface area contributed by atoms with Gasteiger partial charge in [-0.3, -0.25) is 0 Å². The highest BCUT2D eigenvalue weighted by molar-refractivity contribution is 7.88. The zero-order chi connectivity index (χ0) is 15.6. The molecule has 7 nitrogen and oxygen atoms in total. The van der Waals surface area contributed by atoms with Crippen molar-refractivity contribution < 1.29 is 8.42 Å². The second kappa shape index (κ2) is 6.01. The zero-order valence-electron chi connectivity index (χ0n) is 12.8. The Bertz CT molecular complexity index is 563. The van der Waals surface area contributed by atoms with Crippen molar-refractivity contribution >= 4 is 21.5 Å². The number of hydrogen-bond acceptors (Lipinski definition) is 5. The molecule has 0 aromatic carbocycles. The molecule has 1 heterocycles. The fraction of sp³-hybridized carbons (Fsp3) is 0.750. The predicted octanol–water partition coefficient (Wildman–Crippen LogP) is 0.923. The normalized spacial score (nSPS) is 12.7. The molecule has 0 fully saturated rings. The van der Waals surface area contributed by atoms with E-state index < -0.39 is 15.6 Å². The Kier molecular flexibility index (Phi) is 5.04. The number of nitrogen functional groups attached to an aromatic ring is 1. The summed E-state index contributed by atoms with van der Waals surface area (Å²) in [4.78, 5) is 0. The molecule has 0 unspecified atom stereocenters. The first-order valence-corrected chi connectivity index (χ1v) is 8.50. The molecule has 8 heteroatoms. The molecule has 116 valence electrons. The zero-order valence-corrected chi connectivity index (χ0v) is 13.6. The van der Waals surface area contributed by atoms with Crippen LogP contribution >= 0.6 is 0 Å². The van der Waals surface area contributed by atoms with Crippen molar-refractivity contribution in [3.8, 4) is 0 Å². The molecular weight excluding hydrogens is 278 g/mol. The Morgan fingerprint density at radius 1 is 1.40 bits per heavy atom. The maximum Gasteiger partial charge on any atom is 0.209 e. The summed E-state index contributed by atoms with van der Waals surface area (Å²) in [5.41, 5.74) is 6.77. The second-order valence-electron chi connectivity index (χ2n) is 5.68. The SMILES string of the molecule is CCCn1nc(C)c(N)c1NCC(C)(C)NS(C)(=O)=O. The number of nitrogens with zero attached hydrogens (tertiary/aromatic N) is 2. The van der Waals surface area contributed by atoms with E-state index in [2.05, 4.69) is 22.1 Å². The first-order valence-electron chi connectivity index (χ1n) is 6.61. The summed E-state index contributed by atoms with van der Waals surface area (Å²) in [7, 11) is -3.26. The summed E-state index contributed by atoms with van der Waals surface area (Å²) in [5, 5.41) is 7.56. The van der Waals surface area contributed by atoms with E-state index in [-0.39, 0.29) is 0 Å². The third kappa shape index (κ3) is 4.68. The lowest BCUT2D eigenvalue weighted by molar-refractivity contribution is 0.473. The number of hydrogen-bond donors (Lipinski definition) is 3. The smallest absolute Gasteiger partial charge is 0.209 e. The van der Waals surface area contributed by atoms with E-state index in [0.29, 0.717) is 12.2 Å². The van der Waals surface area contributed by atoms with E-state index >= 15 is 0 Å². The molecule has 0 aliphatic rings. The van der Waals surface area contributed by atoms with Crippen LogP contribution in [0.1, 0.15) is 32.9 Å². The van der Waals surface area contributed by atoms with Crippen molar-refractivity contribution in [3.05, 3.63) is 5.69 Å². The van der Waals surface area contributed by atoms with Crippen molar-refractivity contribution in [2.24, 2.45) is 0 Å². The van der Waals surface area contributed by atoms with E-state index in [0.717, 1.165) is 30.7 Å². The van der Waals surface area contributed by atoms with E-state index in [9.17, 15) is 8.42 Å². The minimum absolute atomic E-state index is 0.416. The summed E-state index contributed by atoms with van der Waals surface area (Å²) in [6.07, 6.45) is 2.09. The number of aromatic nitrogens is 2. The molecule has 1 aromatic heterocycles. The molecule has 0 amide bonds. The standard InChI is InChI=1S/C12H25N5O2S/c1-6-7-17-11(10(13)9(2)15-17)14-8-12(3,4)16-20(5,18)19/h14,16H,6-8,13H2,1-5H3. The number of rotatable bonds is 7. The van der Waals surface area contributed by atoms with Gasteiger partial charge < -0.3 is 11.1 Å². The lowest BCUT2D eigenvalue weighted by atomic mass is 10.1. The molecule has 0 saturated carbocycles. The fourth-order valence-electron chi connectivity index (χ4n) is 2.00. The average molecular weight is 303 g/mol. The first-order chi connectivity index (χ1) is 9.06. The van der Waals surface area contributed by atoms with E-state index in [1.165, 1.54) is 0 Å². The van der Waals surface area contributed by atoms with Crippen molar-refractivity contribution in [3.63, 3.8) is 0 Å². The van der Waals surface area contributed by atoms with Gasteiger partial charge >= 0.3 is 0 Å². The van der Waals surface area contributed by atoms with Gasteiger partial charge in [0.1, 0.15) is 5.82 Å². The van der Waals surface area contributed by atoms with Gasteiger partial charge in [-0.2, -0.15) is 5.10 Å². The van der Waals surface area contributed by atoms with Gasteiger partial charge in [0.25, 0.3) is 0 Å². The third-order valence-electron chi connectivity index (χ3n) is 2.77. The summed E-state index contributed by atoms with van der Waals surface area (Å²) in [6.45, 7) is 8.72. The average Bonchev–Trinajstić information content (AvgIpc) is 2.50. The monoisotopic (exact) mass is 303 g/mol. The largest absolute Gasteiger partial charge is 0.394 e. The molecule has 20 heavy (non-hydrogen) atoms. The lowest BCUT2D eigenvalue weighted by Gasteiger charge is -2.26. The van der Waals surface area contributed by atoms with Gasteiger partial charge in [-0.05, 0) is 27.2 Å². The summed E-state index contributed by atoms with van der Waals surface area (Å²) >= 11 is 0. The molecule has 0 saturated heterocycles. The van der Waals surface area contributed by atoms with Crippen LogP contribution in [0.3, 0.4) is 0 Å². The van der Waals surface area contributed by atoms with Gasteiger partial charge in [-0.25, -0.2) is 17.8 Å². The van der Waals surface area contributed by atoms with Crippen LogP contribution in [0.25, 0.3) is 0 Å². The number of anilines is 2. The third-order valence-corrected chi connectivity index (χ3v) is 3.69. The lowest BCUT2D eigenvalue weighted by Crippen LogP contribution is -2.48. The highest BCUT2D eigenvalue weighted by Gasteiger charge is 2.23.